The van der Waals surface area contributed by atoms with Crippen molar-refractivity contribution in [3.05, 3.63) is 38.3 Å². The van der Waals surface area contributed by atoms with Crippen LogP contribution in [0.3, 0.4) is 0 Å². The van der Waals surface area contributed by atoms with E-state index in [9.17, 15) is 14.9 Å². The van der Waals surface area contributed by atoms with E-state index in [1.807, 2.05) is 7.05 Å². The van der Waals surface area contributed by atoms with Gasteiger partial charge in [0, 0.05) is 31.2 Å². The Morgan fingerprint density at radius 3 is 2.43 bits per heavy atom. The molecule has 1 aromatic rings. The average Bonchev–Trinajstić information content (AvgIpc) is 2.43. The van der Waals surface area contributed by atoms with Gasteiger partial charge in [-0.2, -0.15) is 0 Å². The van der Waals surface area contributed by atoms with Gasteiger partial charge in [-0.15, -0.1) is 0 Å². The molecule has 0 radical (unpaired) electrons. The Kier molecular flexibility index (Phi) is 4.63. The Hall–Kier alpha value is -1.47. The van der Waals surface area contributed by atoms with Crippen LogP contribution in [0.25, 0.3) is 0 Å². The highest BCUT2D eigenvalue weighted by Gasteiger charge is 2.31. The van der Waals surface area contributed by atoms with Crippen LogP contribution in [0.4, 0.5) is 5.69 Å². The SMILES string of the molecule is CC1CN(C(=O)c2cccc([N+](=O)[O-])c2Br)CC(C)N1C. The summed E-state index contributed by atoms with van der Waals surface area (Å²) in [6, 6.07) is 5.06. The van der Waals surface area contributed by atoms with Gasteiger partial charge in [0.25, 0.3) is 11.6 Å². The second-order valence-electron chi connectivity index (χ2n) is 5.47. The lowest BCUT2D eigenvalue weighted by molar-refractivity contribution is -0.385. The van der Waals surface area contributed by atoms with E-state index >= 15 is 0 Å². The zero-order valence-corrected chi connectivity index (χ0v) is 13.8. The molecule has 0 N–H and O–H groups in total. The van der Waals surface area contributed by atoms with Crippen molar-refractivity contribution in [2.45, 2.75) is 25.9 Å². The molecule has 7 heteroatoms. The highest BCUT2D eigenvalue weighted by atomic mass is 79.9. The zero-order valence-electron chi connectivity index (χ0n) is 12.2. The molecular formula is C14H18BrN3O3. The fourth-order valence-corrected chi connectivity index (χ4v) is 3.15. The summed E-state index contributed by atoms with van der Waals surface area (Å²) < 4.78 is 0.249. The molecule has 1 saturated heterocycles. The first-order valence-electron chi connectivity index (χ1n) is 6.77. The molecule has 2 unspecified atom stereocenters. The van der Waals surface area contributed by atoms with Crippen molar-refractivity contribution in [3.63, 3.8) is 0 Å². The number of rotatable bonds is 2. The Morgan fingerprint density at radius 2 is 1.90 bits per heavy atom. The topological polar surface area (TPSA) is 66.7 Å². The number of hydrogen-bond donors (Lipinski definition) is 0. The van der Waals surface area contributed by atoms with Gasteiger partial charge in [0.1, 0.15) is 4.47 Å². The summed E-state index contributed by atoms with van der Waals surface area (Å²) in [5.41, 5.74) is 0.254. The molecule has 1 amide bonds. The fraction of sp³-hybridized carbons (Fsp3) is 0.500. The Balaban J connectivity index is 2.29. The quantitative estimate of drug-likeness (QED) is 0.603. The summed E-state index contributed by atoms with van der Waals surface area (Å²) in [6.07, 6.45) is 0. The molecule has 1 aliphatic rings. The van der Waals surface area contributed by atoms with Crippen LogP contribution in [-0.2, 0) is 0 Å². The van der Waals surface area contributed by atoms with Crippen molar-refractivity contribution in [1.82, 2.24) is 9.80 Å². The predicted octanol–water partition coefficient (Wildman–Crippen LogP) is 2.52. The summed E-state index contributed by atoms with van der Waals surface area (Å²) in [5.74, 6) is -0.169. The van der Waals surface area contributed by atoms with Crippen LogP contribution in [0.5, 0.6) is 0 Å². The molecule has 114 valence electrons. The summed E-state index contributed by atoms with van der Waals surface area (Å²) >= 11 is 3.19. The lowest BCUT2D eigenvalue weighted by Gasteiger charge is -2.42. The molecule has 0 aliphatic carbocycles. The number of carbonyl (C=O) groups is 1. The predicted molar refractivity (Wildman–Crippen MR) is 83.4 cm³/mol. The third-order valence-corrected chi connectivity index (χ3v) is 4.89. The molecule has 1 aromatic carbocycles. The van der Waals surface area contributed by atoms with Crippen molar-refractivity contribution in [3.8, 4) is 0 Å². The third kappa shape index (κ3) is 3.08. The summed E-state index contributed by atoms with van der Waals surface area (Å²) in [5, 5.41) is 11.0. The van der Waals surface area contributed by atoms with E-state index in [-0.39, 0.29) is 28.2 Å². The first-order chi connectivity index (χ1) is 9.82. The molecule has 1 aliphatic heterocycles. The number of carbonyl (C=O) groups excluding carboxylic acids is 1. The Morgan fingerprint density at radius 1 is 1.33 bits per heavy atom. The largest absolute Gasteiger partial charge is 0.335 e. The van der Waals surface area contributed by atoms with E-state index in [1.54, 1.807) is 17.0 Å². The van der Waals surface area contributed by atoms with Crippen molar-refractivity contribution < 1.29 is 9.72 Å². The Bertz CT molecular complexity index is 567. The molecule has 1 heterocycles. The maximum atomic E-state index is 12.6. The van der Waals surface area contributed by atoms with Crippen LogP contribution in [0.1, 0.15) is 24.2 Å². The minimum atomic E-state index is -0.490. The van der Waals surface area contributed by atoms with E-state index < -0.39 is 4.92 Å². The molecule has 2 rings (SSSR count). The molecule has 0 bridgehead atoms. The van der Waals surface area contributed by atoms with Crippen LogP contribution < -0.4 is 0 Å². The van der Waals surface area contributed by atoms with E-state index in [1.165, 1.54) is 6.07 Å². The number of benzene rings is 1. The smallest absolute Gasteiger partial charge is 0.284 e. The van der Waals surface area contributed by atoms with Gasteiger partial charge >= 0.3 is 0 Å². The maximum Gasteiger partial charge on any atom is 0.284 e. The standard InChI is InChI=1S/C14H18BrN3O3/c1-9-7-17(8-10(2)16(9)3)14(19)11-5-4-6-12(13(11)15)18(20)21/h4-6,9-10H,7-8H2,1-3H3. The van der Waals surface area contributed by atoms with Crippen LogP contribution in [0, 0.1) is 10.1 Å². The number of likely N-dealkylation sites (N-methyl/N-ethyl adjacent to an activating group) is 1. The number of piperazine rings is 1. The van der Waals surface area contributed by atoms with E-state index in [0.717, 1.165) is 0 Å². The number of halogens is 1. The van der Waals surface area contributed by atoms with Gasteiger partial charge in [-0.3, -0.25) is 19.8 Å². The lowest BCUT2D eigenvalue weighted by atomic mass is 10.1. The van der Waals surface area contributed by atoms with Crippen molar-refractivity contribution in [1.29, 1.82) is 0 Å². The average molecular weight is 356 g/mol. The van der Waals surface area contributed by atoms with Crippen molar-refractivity contribution in [2.75, 3.05) is 20.1 Å². The maximum absolute atomic E-state index is 12.6. The van der Waals surface area contributed by atoms with Gasteiger partial charge in [-0.25, -0.2) is 0 Å². The molecular weight excluding hydrogens is 338 g/mol. The van der Waals surface area contributed by atoms with Gasteiger partial charge in [0.2, 0.25) is 0 Å². The van der Waals surface area contributed by atoms with Crippen molar-refractivity contribution >= 4 is 27.5 Å². The molecule has 0 spiro atoms. The second kappa shape index (κ2) is 6.11. The number of amides is 1. The lowest BCUT2D eigenvalue weighted by Crippen LogP contribution is -2.56. The van der Waals surface area contributed by atoms with E-state index in [4.69, 9.17) is 0 Å². The molecule has 0 aromatic heterocycles. The summed E-state index contributed by atoms with van der Waals surface area (Å²) in [7, 11) is 2.04. The second-order valence-corrected chi connectivity index (χ2v) is 6.26. The van der Waals surface area contributed by atoms with Crippen LogP contribution in [0.15, 0.2) is 22.7 Å². The van der Waals surface area contributed by atoms with Gasteiger partial charge in [-0.05, 0) is 42.9 Å². The number of nitro groups is 1. The molecule has 2 atom stereocenters. The summed E-state index contributed by atoms with van der Waals surface area (Å²) in [4.78, 5) is 27.1. The van der Waals surface area contributed by atoms with Crippen LogP contribution in [0.2, 0.25) is 0 Å². The van der Waals surface area contributed by atoms with Gasteiger partial charge in [-0.1, -0.05) is 6.07 Å². The monoisotopic (exact) mass is 355 g/mol. The van der Waals surface area contributed by atoms with Gasteiger partial charge < -0.3 is 4.90 Å². The zero-order chi connectivity index (χ0) is 15.7. The van der Waals surface area contributed by atoms with E-state index in [2.05, 4.69) is 34.7 Å². The number of nitro benzene ring substituents is 1. The minimum Gasteiger partial charge on any atom is -0.335 e. The number of nitrogens with zero attached hydrogens (tertiary/aromatic N) is 3. The molecule has 1 fully saturated rings. The number of hydrogen-bond acceptors (Lipinski definition) is 4. The van der Waals surface area contributed by atoms with Crippen molar-refractivity contribution in [2.24, 2.45) is 0 Å². The molecule has 6 nitrogen and oxygen atoms in total. The van der Waals surface area contributed by atoms with E-state index in [0.29, 0.717) is 18.7 Å². The highest BCUT2D eigenvalue weighted by molar-refractivity contribution is 9.10. The normalized spacial score (nSPS) is 23.1. The Labute approximate surface area is 132 Å². The minimum absolute atomic E-state index is 0.0870. The van der Waals surface area contributed by atoms with Crippen LogP contribution >= 0.6 is 15.9 Å². The fourth-order valence-electron chi connectivity index (χ4n) is 2.57. The molecule has 21 heavy (non-hydrogen) atoms. The highest BCUT2D eigenvalue weighted by Crippen LogP contribution is 2.29. The summed E-state index contributed by atoms with van der Waals surface area (Å²) in [6.45, 7) is 5.38. The molecule has 0 saturated carbocycles. The first kappa shape index (κ1) is 15.9. The van der Waals surface area contributed by atoms with Crippen LogP contribution in [-0.4, -0.2) is 52.9 Å². The third-order valence-electron chi connectivity index (χ3n) is 4.05. The first-order valence-corrected chi connectivity index (χ1v) is 7.56. The van der Waals surface area contributed by atoms with Gasteiger partial charge in [0.15, 0.2) is 0 Å². The van der Waals surface area contributed by atoms with Gasteiger partial charge in [0.05, 0.1) is 10.5 Å².